The second-order valence-corrected chi connectivity index (χ2v) is 8.48. The van der Waals surface area contributed by atoms with E-state index < -0.39 is 34.6 Å². The van der Waals surface area contributed by atoms with Gasteiger partial charge in [0.05, 0.1) is 12.2 Å². The van der Waals surface area contributed by atoms with Gasteiger partial charge in [0, 0.05) is 30.5 Å². The predicted octanol–water partition coefficient (Wildman–Crippen LogP) is 3.90. The Bertz CT molecular complexity index is 713. The summed E-state index contributed by atoms with van der Waals surface area (Å²) in [4.78, 5) is 13.8. The van der Waals surface area contributed by atoms with Crippen LogP contribution >= 0.6 is 0 Å². The van der Waals surface area contributed by atoms with Crippen LogP contribution in [-0.4, -0.2) is 41.4 Å². The van der Waals surface area contributed by atoms with Crippen molar-refractivity contribution in [2.24, 2.45) is 5.41 Å². The first-order valence-corrected chi connectivity index (χ1v) is 8.84. The average molecular weight is 387 g/mol. The number of likely N-dealkylation sites (tertiary alicyclic amines) is 1. The molecule has 27 heavy (non-hydrogen) atoms. The molecule has 3 rings (SSSR count). The largest absolute Gasteiger partial charge is 0.444 e. The van der Waals surface area contributed by atoms with Crippen LogP contribution in [0.25, 0.3) is 0 Å². The van der Waals surface area contributed by atoms with E-state index in [1.807, 2.05) is 0 Å². The SMILES string of the molecule is CC(C)(C)OC(=O)N1CCC2(COC(O)(c3ccc(C(F)(F)F)cc3)C2)C1. The molecule has 1 aromatic rings. The Labute approximate surface area is 156 Å². The van der Waals surface area contributed by atoms with Gasteiger partial charge in [-0.1, -0.05) is 12.1 Å². The van der Waals surface area contributed by atoms with Gasteiger partial charge in [0.25, 0.3) is 0 Å². The van der Waals surface area contributed by atoms with Gasteiger partial charge in [0.2, 0.25) is 0 Å². The fourth-order valence-corrected chi connectivity index (χ4v) is 3.67. The van der Waals surface area contributed by atoms with E-state index in [2.05, 4.69) is 0 Å². The van der Waals surface area contributed by atoms with Crippen molar-refractivity contribution in [2.45, 2.75) is 51.2 Å². The third-order valence-electron chi connectivity index (χ3n) is 4.99. The van der Waals surface area contributed by atoms with Crippen molar-refractivity contribution >= 4 is 6.09 Å². The van der Waals surface area contributed by atoms with Gasteiger partial charge in [-0.05, 0) is 39.3 Å². The van der Waals surface area contributed by atoms with Crippen molar-refractivity contribution in [2.75, 3.05) is 19.7 Å². The lowest BCUT2D eigenvalue weighted by Gasteiger charge is -2.27. The number of alkyl halides is 3. The Hall–Kier alpha value is -1.80. The summed E-state index contributed by atoms with van der Waals surface area (Å²) in [6.07, 6.45) is -4.00. The monoisotopic (exact) mass is 387 g/mol. The number of hydrogen-bond donors (Lipinski definition) is 1. The molecule has 5 nitrogen and oxygen atoms in total. The van der Waals surface area contributed by atoms with Gasteiger partial charge in [-0.15, -0.1) is 0 Å². The number of carbonyl (C=O) groups excluding carboxylic acids is 1. The second-order valence-electron chi connectivity index (χ2n) is 8.48. The van der Waals surface area contributed by atoms with Crippen molar-refractivity contribution in [3.8, 4) is 0 Å². The van der Waals surface area contributed by atoms with Gasteiger partial charge >= 0.3 is 12.3 Å². The van der Waals surface area contributed by atoms with Crippen LogP contribution in [0.15, 0.2) is 24.3 Å². The standard InChI is InChI=1S/C19H24F3NO4/c1-16(2,3)27-15(24)23-9-8-17(11-23)10-18(25,26-12-17)13-4-6-14(7-5-13)19(20,21)22/h4-7,25H,8-12H2,1-3H3. The molecule has 2 aliphatic heterocycles. The maximum atomic E-state index is 12.7. The summed E-state index contributed by atoms with van der Waals surface area (Å²) in [5.41, 5.74) is -1.53. The fraction of sp³-hybridized carbons (Fsp3) is 0.632. The molecule has 1 N–H and O–H groups in total. The Morgan fingerprint density at radius 3 is 2.41 bits per heavy atom. The van der Waals surface area contributed by atoms with E-state index in [1.165, 1.54) is 12.1 Å². The minimum atomic E-state index is -4.43. The van der Waals surface area contributed by atoms with Crippen LogP contribution in [-0.2, 0) is 21.4 Å². The van der Waals surface area contributed by atoms with E-state index in [9.17, 15) is 23.1 Å². The van der Waals surface area contributed by atoms with Gasteiger partial charge in [-0.25, -0.2) is 4.79 Å². The lowest BCUT2D eigenvalue weighted by molar-refractivity contribution is -0.179. The lowest BCUT2D eigenvalue weighted by atomic mass is 9.82. The first-order valence-electron chi connectivity index (χ1n) is 8.84. The number of hydrogen-bond acceptors (Lipinski definition) is 4. The maximum absolute atomic E-state index is 12.7. The molecule has 2 aliphatic rings. The van der Waals surface area contributed by atoms with E-state index in [0.717, 1.165) is 12.1 Å². The van der Waals surface area contributed by atoms with E-state index >= 15 is 0 Å². The number of benzene rings is 1. The molecule has 1 aromatic carbocycles. The molecular weight excluding hydrogens is 363 g/mol. The summed E-state index contributed by atoms with van der Waals surface area (Å²) < 4.78 is 49.2. The zero-order valence-corrected chi connectivity index (χ0v) is 15.6. The second kappa shape index (κ2) is 6.38. The zero-order chi connectivity index (χ0) is 20.1. The number of carbonyl (C=O) groups is 1. The molecule has 150 valence electrons. The Kier molecular flexibility index (Phi) is 4.71. The first kappa shape index (κ1) is 19.9. The summed E-state index contributed by atoms with van der Waals surface area (Å²) in [7, 11) is 0. The molecule has 1 spiro atoms. The van der Waals surface area contributed by atoms with Crippen LogP contribution in [0.3, 0.4) is 0 Å². The van der Waals surface area contributed by atoms with Gasteiger partial charge in [-0.3, -0.25) is 0 Å². The Balaban J connectivity index is 1.70. The highest BCUT2D eigenvalue weighted by molar-refractivity contribution is 5.68. The summed E-state index contributed by atoms with van der Waals surface area (Å²) in [6.45, 7) is 6.46. The van der Waals surface area contributed by atoms with Crippen LogP contribution in [0, 0.1) is 5.41 Å². The van der Waals surface area contributed by atoms with Gasteiger partial charge in [-0.2, -0.15) is 13.2 Å². The van der Waals surface area contributed by atoms with Crippen LogP contribution in [0.2, 0.25) is 0 Å². The highest BCUT2D eigenvalue weighted by Crippen LogP contribution is 2.49. The quantitative estimate of drug-likeness (QED) is 0.794. The highest BCUT2D eigenvalue weighted by Gasteiger charge is 2.53. The number of aliphatic hydroxyl groups is 1. The molecule has 8 heteroatoms. The van der Waals surface area contributed by atoms with Gasteiger partial charge < -0.3 is 19.5 Å². The van der Waals surface area contributed by atoms with E-state index in [-0.39, 0.29) is 18.6 Å². The fourth-order valence-electron chi connectivity index (χ4n) is 3.67. The van der Waals surface area contributed by atoms with Crippen molar-refractivity contribution in [1.29, 1.82) is 0 Å². The molecule has 0 saturated carbocycles. The molecule has 1 amide bonds. The number of nitrogens with zero attached hydrogens (tertiary/aromatic N) is 1. The summed E-state index contributed by atoms with van der Waals surface area (Å²) >= 11 is 0. The predicted molar refractivity (Wildman–Crippen MR) is 90.8 cm³/mol. The highest BCUT2D eigenvalue weighted by atomic mass is 19.4. The van der Waals surface area contributed by atoms with Crippen molar-refractivity contribution in [3.05, 3.63) is 35.4 Å². The number of amides is 1. The Morgan fingerprint density at radius 2 is 1.85 bits per heavy atom. The van der Waals surface area contributed by atoms with Crippen LogP contribution < -0.4 is 0 Å². The summed E-state index contributed by atoms with van der Waals surface area (Å²) in [5, 5.41) is 10.9. The molecule has 2 atom stereocenters. The van der Waals surface area contributed by atoms with E-state index in [1.54, 1.807) is 25.7 Å². The third kappa shape index (κ3) is 4.21. The summed E-state index contributed by atoms with van der Waals surface area (Å²) in [5.74, 6) is -1.66. The Morgan fingerprint density at radius 1 is 1.22 bits per heavy atom. The lowest BCUT2D eigenvalue weighted by Crippen LogP contribution is -2.37. The van der Waals surface area contributed by atoms with E-state index in [0.29, 0.717) is 19.5 Å². The smallest absolute Gasteiger partial charge is 0.416 e. The van der Waals surface area contributed by atoms with Gasteiger partial charge in [0.15, 0.2) is 5.79 Å². The number of ether oxygens (including phenoxy) is 2. The molecule has 2 fully saturated rings. The molecule has 2 unspecified atom stereocenters. The number of rotatable bonds is 1. The minimum Gasteiger partial charge on any atom is -0.444 e. The third-order valence-corrected chi connectivity index (χ3v) is 4.99. The van der Waals surface area contributed by atoms with Crippen LogP contribution in [0.1, 0.15) is 44.7 Å². The molecule has 0 radical (unpaired) electrons. The summed E-state index contributed by atoms with van der Waals surface area (Å²) in [6, 6.07) is 4.34. The zero-order valence-electron chi connectivity index (χ0n) is 15.6. The van der Waals surface area contributed by atoms with Crippen LogP contribution in [0.5, 0.6) is 0 Å². The van der Waals surface area contributed by atoms with Crippen LogP contribution in [0.4, 0.5) is 18.0 Å². The van der Waals surface area contributed by atoms with E-state index in [4.69, 9.17) is 9.47 Å². The molecule has 0 aliphatic carbocycles. The topological polar surface area (TPSA) is 59.0 Å². The molecular formula is C19H24F3NO4. The molecule has 0 bridgehead atoms. The van der Waals surface area contributed by atoms with Gasteiger partial charge in [0.1, 0.15) is 5.60 Å². The molecule has 0 aromatic heterocycles. The number of halogens is 3. The van der Waals surface area contributed by atoms with Crippen molar-refractivity contribution < 1.29 is 32.5 Å². The average Bonchev–Trinajstić information content (AvgIpc) is 3.10. The molecule has 2 saturated heterocycles. The molecule has 2 heterocycles. The normalized spacial score (nSPS) is 28.8. The first-order chi connectivity index (χ1) is 12.3. The van der Waals surface area contributed by atoms with Crippen molar-refractivity contribution in [3.63, 3.8) is 0 Å². The maximum Gasteiger partial charge on any atom is 0.416 e. The van der Waals surface area contributed by atoms with Crippen molar-refractivity contribution in [1.82, 2.24) is 4.90 Å². The minimum absolute atomic E-state index is 0.213.